The number of nitrogens with one attached hydrogen (secondary N) is 1. The number of aryl methyl sites for hydroxylation is 1. The SMILES string of the molecule is Cc1csc(C(C)(C)NC(=O)[C@@H]2CC[C@H](CN)O2)n1.Cl.Cl. The van der Waals surface area contributed by atoms with Crippen molar-refractivity contribution < 1.29 is 9.53 Å². The number of ether oxygens (including phenoxy) is 1. The number of hydrogen-bond donors (Lipinski definition) is 2. The van der Waals surface area contributed by atoms with Gasteiger partial charge in [-0.2, -0.15) is 0 Å². The standard InChI is InChI=1S/C13H21N3O2S.2ClH/c1-8-7-19-12(15-8)13(2,3)16-11(17)10-5-4-9(6-14)18-10;;/h7,9-10H,4-6,14H2,1-3H3,(H,16,17);2*1H/t9-,10+;;/m1../s1. The molecule has 1 aliphatic rings. The van der Waals surface area contributed by atoms with Gasteiger partial charge in [0.15, 0.2) is 0 Å². The van der Waals surface area contributed by atoms with E-state index in [1.807, 2.05) is 26.2 Å². The smallest absolute Gasteiger partial charge is 0.249 e. The Morgan fingerprint density at radius 2 is 2.19 bits per heavy atom. The Bertz CT molecular complexity index is 468. The van der Waals surface area contributed by atoms with E-state index < -0.39 is 5.54 Å². The number of hydrogen-bond acceptors (Lipinski definition) is 5. The second-order valence-electron chi connectivity index (χ2n) is 5.47. The minimum absolute atomic E-state index is 0. The van der Waals surface area contributed by atoms with Crippen LogP contribution in [0.15, 0.2) is 5.38 Å². The lowest BCUT2D eigenvalue weighted by atomic mass is 10.1. The van der Waals surface area contributed by atoms with E-state index in [9.17, 15) is 4.79 Å². The lowest BCUT2D eigenvalue weighted by Gasteiger charge is -2.25. The van der Waals surface area contributed by atoms with Crippen LogP contribution in [0.25, 0.3) is 0 Å². The van der Waals surface area contributed by atoms with Crippen LogP contribution in [0.5, 0.6) is 0 Å². The first-order valence-corrected chi connectivity index (χ1v) is 7.40. The Balaban J connectivity index is 0.00000200. The number of thiazole rings is 1. The highest BCUT2D eigenvalue weighted by atomic mass is 35.5. The van der Waals surface area contributed by atoms with Crippen molar-refractivity contribution in [2.45, 2.75) is 51.4 Å². The second-order valence-corrected chi connectivity index (χ2v) is 6.33. The monoisotopic (exact) mass is 355 g/mol. The van der Waals surface area contributed by atoms with Crippen molar-refractivity contribution in [1.82, 2.24) is 10.3 Å². The molecular formula is C13H23Cl2N3O2S. The predicted molar refractivity (Wildman–Crippen MR) is 89.5 cm³/mol. The fourth-order valence-corrected chi connectivity index (χ4v) is 3.03. The number of aromatic nitrogens is 1. The summed E-state index contributed by atoms with van der Waals surface area (Å²) in [6.07, 6.45) is 1.22. The van der Waals surface area contributed by atoms with Crippen LogP contribution in [-0.4, -0.2) is 29.6 Å². The molecule has 1 amide bonds. The largest absolute Gasteiger partial charge is 0.364 e. The van der Waals surface area contributed by atoms with Crippen LogP contribution < -0.4 is 11.1 Å². The van der Waals surface area contributed by atoms with Crippen molar-refractivity contribution in [3.05, 3.63) is 16.1 Å². The summed E-state index contributed by atoms with van der Waals surface area (Å²) in [4.78, 5) is 16.6. The number of halogens is 2. The minimum atomic E-state index is -0.472. The summed E-state index contributed by atoms with van der Waals surface area (Å²) < 4.78 is 5.61. The molecule has 0 aliphatic carbocycles. The third-order valence-electron chi connectivity index (χ3n) is 3.25. The van der Waals surface area contributed by atoms with Gasteiger partial charge in [0.05, 0.1) is 11.6 Å². The van der Waals surface area contributed by atoms with Crippen LogP contribution in [-0.2, 0) is 15.1 Å². The van der Waals surface area contributed by atoms with Crippen LogP contribution in [0.2, 0.25) is 0 Å². The molecule has 1 aromatic heterocycles. The van der Waals surface area contributed by atoms with Crippen molar-refractivity contribution >= 4 is 42.1 Å². The van der Waals surface area contributed by atoms with Gasteiger partial charge in [-0.05, 0) is 33.6 Å². The quantitative estimate of drug-likeness (QED) is 0.867. The molecule has 1 aliphatic heterocycles. The fraction of sp³-hybridized carbons (Fsp3) is 0.692. The molecule has 0 radical (unpaired) electrons. The van der Waals surface area contributed by atoms with Gasteiger partial charge in [-0.15, -0.1) is 36.2 Å². The molecule has 0 saturated carbocycles. The molecule has 8 heteroatoms. The molecule has 2 heterocycles. The van der Waals surface area contributed by atoms with Crippen molar-refractivity contribution in [3.8, 4) is 0 Å². The number of rotatable bonds is 4. The van der Waals surface area contributed by atoms with Crippen molar-refractivity contribution in [2.24, 2.45) is 5.73 Å². The van der Waals surface area contributed by atoms with Crippen LogP contribution in [0.1, 0.15) is 37.4 Å². The summed E-state index contributed by atoms with van der Waals surface area (Å²) in [7, 11) is 0. The molecule has 21 heavy (non-hydrogen) atoms. The maximum absolute atomic E-state index is 12.2. The van der Waals surface area contributed by atoms with Gasteiger partial charge in [0.25, 0.3) is 0 Å². The molecule has 1 aromatic rings. The third-order valence-corrected chi connectivity index (χ3v) is 4.54. The van der Waals surface area contributed by atoms with Gasteiger partial charge in [-0.1, -0.05) is 0 Å². The van der Waals surface area contributed by atoms with Gasteiger partial charge in [-0.25, -0.2) is 4.98 Å². The Morgan fingerprint density at radius 3 is 2.67 bits per heavy atom. The Labute approximate surface area is 141 Å². The highest BCUT2D eigenvalue weighted by Crippen LogP contribution is 2.25. The van der Waals surface area contributed by atoms with Gasteiger partial charge in [0.1, 0.15) is 11.1 Å². The van der Waals surface area contributed by atoms with Crippen molar-refractivity contribution in [3.63, 3.8) is 0 Å². The second kappa shape index (κ2) is 8.29. The van der Waals surface area contributed by atoms with Crippen LogP contribution in [0.3, 0.4) is 0 Å². The summed E-state index contributed by atoms with van der Waals surface area (Å²) in [5.41, 5.74) is 6.05. The van der Waals surface area contributed by atoms with E-state index in [1.54, 1.807) is 11.3 Å². The van der Waals surface area contributed by atoms with Crippen molar-refractivity contribution in [2.75, 3.05) is 6.54 Å². The van der Waals surface area contributed by atoms with Gasteiger partial charge < -0.3 is 15.8 Å². The highest BCUT2D eigenvalue weighted by molar-refractivity contribution is 7.09. The highest BCUT2D eigenvalue weighted by Gasteiger charge is 2.34. The van der Waals surface area contributed by atoms with E-state index in [2.05, 4.69) is 10.3 Å². The normalized spacial score (nSPS) is 21.3. The first-order chi connectivity index (χ1) is 8.92. The van der Waals surface area contributed by atoms with E-state index >= 15 is 0 Å². The first kappa shape index (κ1) is 20.6. The number of nitrogens with zero attached hydrogens (tertiary/aromatic N) is 1. The van der Waals surface area contributed by atoms with Crippen molar-refractivity contribution in [1.29, 1.82) is 0 Å². The van der Waals surface area contributed by atoms with Crippen LogP contribution in [0, 0.1) is 6.92 Å². The Hall–Kier alpha value is -0.400. The van der Waals surface area contributed by atoms with E-state index in [0.29, 0.717) is 6.54 Å². The predicted octanol–water partition coefficient (Wildman–Crippen LogP) is 2.15. The summed E-state index contributed by atoms with van der Waals surface area (Å²) in [5.74, 6) is -0.0752. The lowest BCUT2D eigenvalue weighted by molar-refractivity contribution is -0.133. The van der Waals surface area contributed by atoms with E-state index in [4.69, 9.17) is 10.5 Å². The van der Waals surface area contributed by atoms with E-state index in [1.165, 1.54) is 0 Å². The van der Waals surface area contributed by atoms with Crippen LogP contribution >= 0.6 is 36.2 Å². The number of carbonyl (C=O) groups excluding carboxylic acids is 1. The fourth-order valence-electron chi connectivity index (χ4n) is 2.15. The molecule has 2 atom stereocenters. The molecule has 1 fully saturated rings. The van der Waals surface area contributed by atoms with Gasteiger partial charge >= 0.3 is 0 Å². The zero-order valence-corrected chi connectivity index (χ0v) is 14.9. The third kappa shape index (κ3) is 5.07. The average Bonchev–Trinajstić information content (AvgIpc) is 2.96. The summed E-state index contributed by atoms with van der Waals surface area (Å²) in [5, 5.41) is 5.91. The molecule has 3 N–H and O–H groups in total. The topological polar surface area (TPSA) is 77.2 Å². The Kier molecular flexibility index (Phi) is 8.13. The van der Waals surface area contributed by atoms with Gasteiger partial charge in [0.2, 0.25) is 5.91 Å². The van der Waals surface area contributed by atoms with Gasteiger partial charge in [-0.3, -0.25) is 4.79 Å². The zero-order chi connectivity index (χ0) is 14.0. The molecular weight excluding hydrogens is 333 g/mol. The van der Waals surface area contributed by atoms with E-state index in [-0.39, 0.29) is 42.9 Å². The average molecular weight is 356 g/mol. The molecule has 0 bridgehead atoms. The number of carbonyl (C=O) groups is 1. The molecule has 2 rings (SSSR count). The molecule has 0 unspecified atom stereocenters. The zero-order valence-electron chi connectivity index (χ0n) is 12.4. The summed E-state index contributed by atoms with van der Waals surface area (Å²) >= 11 is 1.56. The molecule has 1 saturated heterocycles. The molecule has 0 aromatic carbocycles. The molecule has 5 nitrogen and oxygen atoms in total. The summed E-state index contributed by atoms with van der Waals surface area (Å²) in [6.45, 7) is 6.33. The first-order valence-electron chi connectivity index (χ1n) is 6.52. The Morgan fingerprint density at radius 1 is 1.52 bits per heavy atom. The lowest BCUT2D eigenvalue weighted by Crippen LogP contribution is -2.46. The maximum Gasteiger partial charge on any atom is 0.249 e. The minimum Gasteiger partial charge on any atom is -0.364 e. The molecule has 122 valence electrons. The summed E-state index contributed by atoms with van der Waals surface area (Å²) in [6, 6.07) is 0. The number of nitrogens with two attached hydrogens (primary N) is 1. The maximum atomic E-state index is 12.2. The van der Waals surface area contributed by atoms with E-state index in [0.717, 1.165) is 23.5 Å². The van der Waals surface area contributed by atoms with Gasteiger partial charge in [0, 0.05) is 17.6 Å². The number of amides is 1. The molecule has 0 spiro atoms. The van der Waals surface area contributed by atoms with Crippen LogP contribution in [0.4, 0.5) is 0 Å².